The van der Waals surface area contributed by atoms with Gasteiger partial charge in [-0.2, -0.15) is 13.2 Å². The van der Waals surface area contributed by atoms with E-state index in [0.29, 0.717) is 12.8 Å². The molecule has 0 heterocycles. The van der Waals surface area contributed by atoms with Crippen molar-refractivity contribution in [3.63, 3.8) is 0 Å². The van der Waals surface area contributed by atoms with Crippen LogP contribution in [0, 0.1) is 0 Å². The standard InChI is InChI=1S/C17H22F3NO4S/c1-16(23,11-26(24,25)14-5-3-2-4-6-14)15(22)21-13-9-7-12(8-10-13)17(18,19)20/h7-10,14,23H,2-6,11H2,1H3,(H,21,22)/t16-/m0/s1. The van der Waals surface area contributed by atoms with Gasteiger partial charge in [0.15, 0.2) is 15.4 Å². The van der Waals surface area contributed by atoms with Gasteiger partial charge in [0, 0.05) is 5.69 Å². The number of anilines is 1. The second kappa shape index (κ2) is 7.56. The predicted octanol–water partition coefficient (Wildman–Crippen LogP) is 3.14. The Balaban J connectivity index is 2.05. The number of carbonyl (C=O) groups excluding carboxylic acids is 1. The first-order valence-electron chi connectivity index (χ1n) is 8.34. The van der Waals surface area contributed by atoms with Crippen molar-refractivity contribution < 1.29 is 31.5 Å². The van der Waals surface area contributed by atoms with E-state index in [9.17, 15) is 31.5 Å². The van der Waals surface area contributed by atoms with Crippen LogP contribution in [0.3, 0.4) is 0 Å². The van der Waals surface area contributed by atoms with Crippen molar-refractivity contribution in [2.45, 2.75) is 56.1 Å². The number of halogens is 3. The highest BCUT2D eigenvalue weighted by Gasteiger charge is 2.39. The fourth-order valence-electron chi connectivity index (χ4n) is 3.01. The lowest BCUT2D eigenvalue weighted by atomic mass is 10.0. The Hall–Kier alpha value is -1.61. The normalized spacial score (nSPS) is 19.0. The first-order valence-corrected chi connectivity index (χ1v) is 10.1. The summed E-state index contributed by atoms with van der Waals surface area (Å²) in [5, 5.41) is 12.0. The van der Waals surface area contributed by atoms with Gasteiger partial charge in [0.05, 0.1) is 16.6 Å². The SMILES string of the molecule is C[C@](O)(CS(=O)(=O)C1CCCCC1)C(=O)Nc1ccc(C(F)(F)F)cc1. The maximum Gasteiger partial charge on any atom is 0.416 e. The lowest BCUT2D eigenvalue weighted by Crippen LogP contribution is -2.47. The number of rotatable bonds is 5. The molecule has 0 spiro atoms. The molecule has 0 aromatic heterocycles. The van der Waals surface area contributed by atoms with E-state index in [1.54, 1.807) is 0 Å². The van der Waals surface area contributed by atoms with Gasteiger partial charge in [-0.1, -0.05) is 19.3 Å². The number of hydrogen-bond acceptors (Lipinski definition) is 4. The highest BCUT2D eigenvalue weighted by Crippen LogP contribution is 2.30. The molecule has 2 rings (SSSR count). The minimum absolute atomic E-state index is 0.0401. The van der Waals surface area contributed by atoms with Crippen molar-refractivity contribution in [3.05, 3.63) is 29.8 Å². The Bertz CT molecular complexity index is 736. The summed E-state index contributed by atoms with van der Waals surface area (Å²) in [5.41, 5.74) is -3.01. The molecule has 1 atom stereocenters. The topological polar surface area (TPSA) is 83.5 Å². The van der Waals surface area contributed by atoms with Crippen LogP contribution in [0.15, 0.2) is 24.3 Å². The second-order valence-electron chi connectivity index (χ2n) is 6.87. The van der Waals surface area contributed by atoms with Crippen LogP contribution in [-0.2, 0) is 20.8 Å². The molecule has 146 valence electrons. The third-order valence-electron chi connectivity index (χ3n) is 4.50. The zero-order valence-electron chi connectivity index (χ0n) is 14.3. The molecular weight excluding hydrogens is 371 g/mol. The zero-order valence-corrected chi connectivity index (χ0v) is 15.2. The summed E-state index contributed by atoms with van der Waals surface area (Å²) >= 11 is 0. The average Bonchev–Trinajstić information content (AvgIpc) is 2.54. The molecule has 1 saturated carbocycles. The minimum Gasteiger partial charge on any atom is -0.379 e. The largest absolute Gasteiger partial charge is 0.416 e. The van der Waals surface area contributed by atoms with E-state index in [1.807, 2.05) is 0 Å². The van der Waals surface area contributed by atoms with Gasteiger partial charge < -0.3 is 10.4 Å². The van der Waals surface area contributed by atoms with Crippen LogP contribution >= 0.6 is 0 Å². The Kier molecular flexibility index (Phi) is 6.02. The predicted molar refractivity (Wildman–Crippen MR) is 91.4 cm³/mol. The first-order chi connectivity index (χ1) is 11.9. The Morgan fingerprint density at radius 3 is 2.19 bits per heavy atom. The van der Waals surface area contributed by atoms with Gasteiger partial charge in [-0.25, -0.2) is 8.42 Å². The third-order valence-corrected chi connectivity index (χ3v) is 6.95. The average molecular weight is 393 g/mol. The molecule has 1 amide bonds. The van der Waals surface area contributed by atoms with Crippen molar-refractivity contribution >= 4 is 21.4 Å². The second-order valence-corrected chi connectivity index (χ2v) is 9.15. The number of aliphatic hydroxyl groups is 1. The summed E-state index contributed by atoms with van der Waals surface area (Å²) < 4.78 is 62.5. The number of benzene rings is 1. The van der Waals surface area contributed by atoms with E-state index < -0.39 is 44.1 Å². The zero-order chi connectivity index (χ0) is 19.6. The lowest BCUT2D eigenvalue weighted by Gasteiger charge is -2.27. The third kappa shape index (κ3) is 5.20. The molecule has 1 aromatic carbocycles. The molecule has 1 aliphatic carbocycles. The van der Waals surface area contributed by atoms with E-state index in [0.717, 1.165) is 50.5 Å². The number of sulfone groups is 1. The molecule has 0 saturated heterocycles. The molecule has 2 N–H and O–H groups in total. The molecule has 1 fully saturated rings. The van der Waals surface area contributed by atoms with E-state index in [2.05, 4.69) is 5.32 Å². The van der Waals surface area contributed by atoms with Gasteiger partial charge >= 0.3 is 6.18 Å². The summed E-state index contributed by atoms with van der Waals surface area (Å²) in [6.45, 7) is 1.09. The van der Waals surface area contributed by atoms with Crippen molar-refractivity contribution in [1.82, 2.24) is 0 Å². The van der Waals surface area contributed by atoms with E-state index >= 15 is 0 Å². The Labute approximate surface area is 150 Å². The maximum atomic E-state index is 12.5. The maximum absolute atomic E-state index is 12.5. The fourth-order valence-corrected chi connectivity index (χ4v) is 5.21. The first kappa shape index (κ1) is 20.7. The summed E-state index contributed by atoms with van der Waals surface area (Å²) in [6.07, 6.45) is -0.912. The van der Waals surface area contributed by atoms with E-state index in [1.165, 1.54) is 0 Å². The Morgan fingerprint density at radius 2 is 1.69 bits per heavy atom. The monoisotopic (exact) mass is 393 g/mol. The van der Waals surface area contributed by atoms with Gasteiger partial charge in [0.25, 0.3) is 5.91 Å². The summed E-state index contributed by atoms with van der Waals surface area (Å²) in [5.74, 6) is -1.70. The van der Waals surface area contributed by atoms with Crippen LogP contribution in [0.5, 0.6) is 0 Å². The Morgan fingerprint density at radius 1 is 1.15 bits per heavy atom. The number of carbonyl (C=O) groups is 1. The van der Waals surface area contributed by atoms with Crippen LogP contribution in [0.1, 0.15) is 44.6 Å². The van der Waals surface area contributed by atoms with Crippen molar-refractivity contribution in [3.8, 4) is 0 Å². The highest BCUT2D eigenvalue weighted by atomic mass is 32.2. The van der Waals surface area contributed by atoms with Gasteiger partial charge in [-0.3, -0.25) is 4.79 Å². The van der Waals surface area contributed by atoms with E-state index in [4.69, 9.17) is 0 Å². The molecule has 1 aliphatic rings. The number of amides is 1. The number of hydrogen-bond donors (Lipinski definition) is 2. The van der Waals surface area contributed by atoms with Crippen molar-refractivity contribution in [1.29, 1.82) is 0 Å². The number of alkyl halides is 3. The van der Waals surface area contributed by atoms with Gasteiger partial charge in [-0.15, -0.1) is 0 Å². The smallest absolute Gasteiger partial charge is 0.379 e. The van der Waals surface area contributed by atoms with Crippen LogP contribution in [-0.4, -0.2) is 36.0 Å². The van der Waals surface area contributed by atoms with Gasteiger partial charge in [-0.05, 0) is 44.0 Å². The quantitative estimate of drug-likeness (QED) is 0.805. The van der Waals surface area contributed by atoms with Crippen molar-refractivity contribution in [2.75, 3.05) is 11.1 Å². The highest BCUT2D eigenvalue weighted by molar-refractivity contribution is 7.92. The van der Waals surface area contributed by atoms with Gasteiger partial charge in [0.1, 0.15) is 0 Å². The molecule has 0 unspecified atom stereocenters. The molecule has 0 radical (unpaired) electrons. The van der Waals surface area contributed by atoms with Crippen LogP contribution in [0.4, 0.5) is 18.9 Å². The molecule has 1 aromatic rings. The lowest BCUT2D eigenvalue weighted by molar-refractivity contribution is -0.137. The number of nitrogens with one attached hydrogen (secondary N) is 1. The van der Waals surface area contributed by atoms with Crippen LogP contribution in [0.25, 0.3) is 0 Å². The van der Waals surface area contributed by atoms with E-state index in [-0.39, 0.29) is 5.69 Å². The summed E-state index contributed by atoms with van der Waals surface area (Å²) in [6, 6.07) is 3.69. The molecule has 9 heteroatoms. The van der Waals surface area contributed by atoms with Gasteiger partial charge in [0.2, 0.25) is 0 Å². The fraction of sp³-hybridized carbons (Fsp3) is 0.588. The molecular formula is C17H22F3NO4S. The minimum atomic E-state index is -4.50. The van der Waals surface area contributed by atoms with Crippen LogP contribution < -0.4 is 5.32 Å². The molecule has 0 bridgehead atoms. The summed E-state index contributed by atoms with van der Waals surface area (Å²) in [4.78, 5) is 12.2. The summed E-state index contributed by atoms with van der Waals surface area (Å²) in [7, 11) is -3.66. The molecule has 5 nitrogen and oxygen atoms in total. The van der Waals surface area contributed by atoms with Crippen molar-refractivity contribution in [2.24, 2.45) is 0 Å². The molecule has 0 aliphatic heterocycles. The molecule has 26 heavy (non-hydrogen) atoms. The van der Waals surface area contributed by atoms with Crippen LogP contribution in [0.2, 0.25) is 0 Å².